The van der Waals surface area contributed by atoms with Gasteiger partial charge in [0, 0.05) is 97.0 Å². The number of carbonyl (C=O) groups is 10. The van der Waals surface area contributed by atoms with E-state index in [0.29, 0.717) is 70.9 Å². The summed E-state index contributed by atoms with van der Waals surface area (Å²) < 4.78 is 0. The maximum atomic E-state index is 11.6. The third kappa shape index (κ3) is 25.0. The lowest BCUT2D eigenvalue weighted by molar-refractivity contribution is -0.141. The molecule has 418 valence electrons. The van der Waals surface area contributed by atoms with E-state index in [-0.39, 0.29) is 89.3 Å². The van der Waals surface area contributed by atoms with Gasteiger partial charge in [0.1, 0.15) is 0 Å². The molecule has 9 amide bonds. The van der Waals surface area contributed by atoms with E-state index in [9.17, 15) is 47.9 Å². The average Bonchev–Trinajstić information content (AvgIpc) is 4.18. The molecule has 5 rings (SSSR count). The molecule has 5 aliphatic rings. The molecule has 5 heterocycles. The number of hydrogen-bond donors (Lipinski definition) is 5. The first-order chi connectivity index (χ1) is 34.5. The highest BCUT2D eigenvalue weighted by atomic mass is 16.4. The molecular weight excluding hydrogens is 939 g/mol. The van der Waals surface area contributed by atoms with E-state index in [0.717, 1.165) is 77.4 Å². The Bertz CT molecular complexity index is 1780. The standard InChI is InChI=1S/C12H22N2O2.C11H20N2O2.2C10H18N2O2.C10H17NO3/c1-2-3-4-5-6-7-14-9-10(12(13)16)8-11(14)15;1-2-3-4-5-6-13-8-9(11(12)15)7-10(13)14;1-3-8(4-2)12-6-7(10(11)14)5-9(12)13;1-2-3-4-5-12-7-8(10(11)14)6-9(12)13;1-7(2)3-4-11-6-8(10(13)14)5-9(11)12/h10H,2-9H2,1H3,(H2,13,16);9H,2-8H2,1H3,(H2,12,15);7-8H,3-6H2,1-2H3,(H2,11,14);8H,2-7H2,1H3,(H2,11,14);7-8H,3-6H2,1-2H3,(H,13,14). The van der Waals surface area contributed by atoms with Gasteiger partial charge in [-0.3, -0.25) is 47.9 Å². The van der Waals surface area contributed by atoms with Crippen molar-refractivity contribution in [2.45, 2.75) is 183 Å². The van der Waals surface area contributed by atoms with Crippen molar-refractivity contribution in [3.63, 3.8) is 0 Å². The lowest BCUT2D eigenvalue weighted by Crippen LogP contribution is -2.36. The van der Waals surface area contributed by atoms with E-state index in [2.05, 4.69) is 48.5 Å². The lowest BCUT2D eigenvalue weighted by Gasteiger charge is -2.25. The Labute approximate surface area is 435 Å². The second-order valence-corrected chi connectivity index (χ2v) is 20.7. The molecule has 0 aromatic carbocycles. The smallest absolute Gasteiger partial charge is 0.308 e. The molecule has 20 nitrogen and oxygen atoms in total. The van der Waals surface area contributed by atoms with Gasteiger partial charge in [0.05, 0.1) is 29.6 Å². The van der Waals surface area contributed by atoms with Crippen molar-refractivity contribution in [2.75, 3.05) is 58.9 Å². The van der Waals surface area contributed by atoms with E-state index in [1.165, 1.54) is 38.5 Å². The van der Waals surface area contributed by atoms with Crippen LogP contribution in [0.3, 0.4) is 0 Å². The third-order valence-corrected chi connectivity index (χ3v) is 14.2. The van der Waals surface area contributed by atoms with Gasteiger partial charge in [-0.15, -0.1) is 0 Å². The number of carboxylic acid groups (broad SMARTS) is 1. The van der Waals surface area contributed by atoms with E-state index in [1.54, 1.807) is 24.5 Å². The fourth-order valence-electron chi connectivity index (χ4n) is 9.30. The minimum Gasteiger partial charge on any atom is -0.481 e. The van der Waals surface area contributed by atoms with Crippen LogP contribution in [0.2, 0.25) is 0 Å². The highest BCUT2D eigenvalue weighted by Gasteiger charge is 2.37. The normalized spacial score (nSPS) is 21.4. The largest absolute Gasteiger partial charge is 0.481 e. The number of primary amides is 4. The number of unbranched alkanes of at least 4 members (excludes halogenated alkanes) is 9. The van der Waals surface area contributed by atoms with Gasteiger partial charge >= 0.3 is 5.97 Å². The Morgan fingerprint density at radius 2 is 0.726 bits per heavy atom. The number of nitrogens with zero attached hydrogens (tertiary/aromatic N) is 5. The fraction of sp³-hybridized carbons (Fsp3) is 0.811. The SMILES string of the molecule is CC(C)CCN1CC(C(=O)O)CC1=O.CCC(CC)N1CC(C(N)=O)CC1=O.CCCCCCCN1CC(C(N)=O)CC1=O.CCCCCCN1CC(C(N)=O)CC1=O.CCCCCN1CC(C(N)=O)CC1=O. The first-order valence-electron chi connectivity index (χ1n) is 27.4. The maximum Gasteiger partial charge on any atom is 0.308 e. The number of carbonyl (C=O) groups excluding carboxylic acids is 9. The van der Waals surface area contributed by atoms with Gasteiger partial charge in [-0.25, -0.2) is 0 Å². The van der Waals surface area contributed by atoms with Crippen molar-refractivity contribution < 1.29 is 53.1 Å². The van der Waals surface area contributed by atoms with Crippen LogP contribution in [0.15, 0.2) is 0 Å². The van der Waals surface area contributed by atoms with Gasteiger partial charge in [0.25, 0.3) is 0 Å². The molecule has 0 aromatic heterocycles. The summed E-state index contributed by atoms with van der Waals surface area (Å²) >= 11 is 0. The molecule has 73 heavy (non-hydrogen) atoms. The Kier molecular flexibility index (Phi) is 32.2. The summed E-state index contributed by atoms with van der Waals surface area (Å²) in [5.74, 6) is -2.96. The molecule has 0 aromatic rings. The highest BCUT2D eigenvalue weighted by molar-refractivity contribution is 5.90. The quantitative estimate of drug-likeness (QED) is 0.0766. The molecule has 5 unspecified atom stereocenters. The van der Waals surface area contributed by atoms with Crippen molar-refractivity contribution in [1.29, 1.82) is 0 Å². The zero-order chi connectivity index (χ0) is 55.2. The number of carboxylic acids is 1. The van der Waals surface area contributed by atoms with Crippen LogP contribution < -0.4 is 22.9 Å². The Hall–Kier alpha value is -5.30. The van der Waals surface area contributed by atoms with Gasteiger partial charge in [-0.1, -0.05) is 106 Å². The van der Waals surface area contributed by atoms with Crippen molar-refractivity contribution >= 4 is 59.1 Å². The number of likely N-dealkylation sites (tertiary alicyclic amines) is 5. The van der Waals surface area contributed by atoms with Gasteiger partial charge < -0.3 is 52.5 Å². The lowest BCUT2D eigenvalue weighted by atomic mass is 10.1. The molecule has 0 aliphatic carbocycles. The first-order valence-corrected chi connectivity index (χ1v) is 27.4. The van der Waals surface area contributed by atoms with Crippen LogP contribution in [-0.4, -0.2) is 154 Å². The number of amides is 9. The highest BCUT2D eigenvalue weighted by Crippen LogP contribution is 2.24. The van der Waals surface area contributed by atoms with Gasteiger partial charge in [-0.2, -0.15) is 0 Å². The van der Waals surface area contributed by atoms with Gasteiger partial charge in [0.2, 0.25) is 53.2 Å². The molecule has 20 heteroatoms. The predicted molar refractivity (Wildman–Crippen MR) is 279 cm³/mol. The second-order valence-electron chi connectivity index (χ2n) is 20.7. The summed E-state index contributed by atoms with van der Waals surface area (Å²) in [5.41, 5.74) is 20.7. The van der Waals surface area contributed by atoms with Gasteiger partial charge in [0.15, 0.2) is 0 Å². The summed E-state index contributed by atoms with van der Waals surface area (Å²) in [6.07, 6.45) is 18.0. The Morgan fingerprint density at radius 1 is 0.438 bits per heavy atom. The van der Waals surface area contributed by atoms with E-state index in [4.69, 9.17) is 28.0 Å². The van der Waals surface area contributed by atoms with Crippen molar-refractivity contribution in [3.8, 4) is 0 Å². The van der Waals surface area contributed by atoms with Crippen molar-refractivity contribution in [1.82, 2.24) is 24.5 Å². The number of hydrogen-bond acceptors (Lipinski definition) is 10. The number of aliphatic carboxylic acids is 1. The van der Waals surface area contributed by atoms with Crippen molar-refractivity contribution in [2.24, 2.45) is 58.4 Å². The Morgan fingerprint density at radius 3 is 1.03 bits per heavy atom. The molecule has 0 saturated carbocycles. The maximum absolute atomic E-state index is 11.6. The van der Waals surface area contributed by atoms with E-state index in [1.807, 2.05) is 0 Å². The van der Waals surface area contributed by atoms with Crippen LogP contribution in [-0.2, 0) is 47.9 Å². The molecular formula is C53H95N9O11. The first kappa shape index (κ1) is 65.7. The van der Waals surface area contributed by atoms with Crippen LogP contribution in [0.1, 0.15) is 177 Å². The summed E-state index contributed by atoms with van der Waals surface area (Å²) in [7, 11) is 0. The zero-order valence-corrected chi connectivity index (χ0v) is 45.6. The van der Waals surface area contributed by atoms with Gasteiger partial charge in [-0.05, 0) is 44.4 Å². The monoisotopic (exact) mass is 1030 g/mol. The topological polar surface area (TPSA) is 311 Å². The molecule has 5 saturated heterocycles. The zero-order valence-electron chi connectivity index (χ0n) is 45.6. The van der Waals surface area contributed by atoms with Crippen LogP contribution in [0, 0.1) is 35.5 Å². The molecule has 5 fully saturated rings. The minimum atomic E-state index is -0.856. The van der Waals surface area contributed by atoms with Crippen LogP contribution in [0.4, 0.5) is 0 Å². The van der Waals surface area contributed by atoms with Crippen LogP contribution in [0.25, 0.3) is 0 Å². The predicted octanol–water partition coefficient (Wildman–Crippen LogP) is 4.18. The van der Waals surface area contributed by atoms with Crippen molar-refractivity contribution in [3.05, 3.63) is 0 Å². The molecule has 9 N–H and O–H groups in total. The molecule has 0 radical (unpaired) electrons. The summed E-state index contributed by atoms with van der Waals surface area (Å²) in [6, 6.07) is 0.270. The molecule has 5 aliphatic heterocycles. The fourth-order valence-corrected chi connectivity index (χ4v) is 9.30. The minimum absolute atomic E-state index is 0.0157. The summed E-state index contributed by atoms with van der Waals surface area (Å²) in [6.45, 7) is 20.3. The van der Waals surface area contributed by atoms with Crippen LogP contribution >= 0.6 is 0 Å². The number of nitrogens with two attached hydrogens (primary N) is 4. The van der Waals surface area contributed by atoms with E-state index < -0.39 is 11.9 Å². The summed E-state index contributed by atoms with van der Waals surface area (Å²) in [5, 5.41) is 8.75. The Balaban J connectivity index is 0.000000457. The molecule has 5 atom stereocenters. The van der Waals surface area contributed by atoms with E-state index >= 15 is 0 Å². The second kappa shape index (κ2) is 35.8. The number of rotatable bonds is 26. The average molecular weight is 1030 g/mol. The third-order valence-electron chi connectivity index (χ3n) is 14.2. The molecule has 0 bridgehead atoms. The van der Waals surface area contributed by atoms with Crippen LogP contribution in [0.5, 0.6) is 0 Å². The summed E-state index contributed by atoms with van der Waals surface area (Å²) in [4.78, 5) is 120. The molecule has 0 spiro atoms.